The first-order valence-electron chi connectivity index (χ1n) is 6.95. The van der Waals surface area contributed by atoms with Gasteiger partial charge in [0.15, 0.2) is 5.03 Å². The van der Waals surface area contributed by atoms with Crippen LogP contribution in [0.1, 0.15) is 30.4 Å². The van der Waals surface area contributed by atoms with Gasteiger partial charge in [0.05, 0.1) is 18.1 Å². The summed E-state index contributed by atoms with van der Waals surface area (Å²) >= 11 is 0. The second kappa shape index (κ2) is 5.33. The Morgan fingerprint density at radius 2 is 2.18 bits per heavy atom. The van der Waals surface area contributed by atoms with Crippen LogP contribution in [-0.4, -0.2) is 38.8 Å². The van der Waals surface area contributed by atoms with Gasteiger partial charge >= 0.3 is 0 Å². The number of hydrogen-bond acceptors (Lipinski definition) is 5. The van der Waals surface area contributed by atoms with Crippen LogP contribution in [0.4, 0.5) is 0 Å². The zero-order chi connectivity index (χ0) is 15.9. The van der Waals surface area contributed by atoms with Crippen LogP contribution in [-0.2, 0) is 17.1 Å². The molecule has 1 unspecified atom stereocenters. The molecule has 1 aliphatic rings. The monoisotopic (exact) mass is 323 g/mol. The Morgan fingerprint density at radius 3 is 2.82 bits per heavy atom. The minimum absolute atomic E-state index is 0.0171. The zero-order valence-corrected chi connectivity index (χ0v) is 13.2. The molecule has 2 aromatic rings. The van der Waals surface area contributed by atoms with Crippen LogP contribution in [0.3, 0.4) is 0 Å². The van der Waals surface area contributed by atoms with E-state index in [0.717, 1.165) is 6.42 Å². The highest BCUT2D eigenvalue weighted by atomic mass is 32.2. The van der Waals surface area contributed by atoms with E-state index in [9.17, 15) is 13.2 Å². The lowest BCUT2D eigenvalue weighted by atomic mass is 10.1. The van der Waals surface area contributed by atoms with E-state index in [0.29, 0.717) is 24.5 Å². The molecule has 0 aliphatic carbocycles. The molecule has 118 valence electrons. The Labute approximate surface area is 127 Å². The maximum absolute atomic E-state index is 12.7. The van der Waals surface area contributed by atoms with Gasteiger partial charge in [-0.3, -0.25) is 4.79 Å². The first-order chi connectivity index (χ1) is 10.4. The number of hydrogen-bond donors (Lipinski definition) is 1. The second-order valence-corrected chi connectivity index (χ2v) is 7.24. The van der Waals surface area contributed by atoms with E-state index in [2.05, 4.69) is 15.0 Å². The van der Waals surface area contributed by atoms with Gasteiger partial charge in [-0.1, -0.05) is 0 Å². The van der Waals surface area contributed by atoms with Crippen molar-refractivity contribution in [3.63, 3.8) is 0 Å². The molecule has 0 saturated carbocycles. The van der Waals surface area contributed by atoms with Crippen molar-refractivity contribution < 1.29 is 8.42 Å². The molecule has 0 aromatic carbocycles. The molecule has 8 nitrogen and oxygen atoms in total. The Balaban J connectivity index is 2.01. The number of H-pyrrole nitrogens is 1. The maximum atomic E-state index is 12.7. The fourth-order valence-electron chi connectivity index (χ4n) is 2.74. The highest BCUT2D eigenvalue weighted by Crippen LogP contribution is 2.34. The number of rotatable bonds is 3. The highest BCUT2D eigenvalue weighted by molar-refractivity contribution is 7.89. The molecule has 0 amide bonds. The van der Waals surface area contributed by atoms with Gasteiger partial charge in [0, 0.05) is 25.9 Å². The number of nitrogens with one attached hydrogen (secondary N) is 1. The van der Waals surface area contributed by atoms with Crippen molar-refractivity contribution in [3.8, 4) is 0 Å². The fourth-order valence-corrected chi connectivity index (χ4v) is 4.38. The van der Waals surface area contributed by atoms with Crippen molar-refractivity contribution in [3.05, 3.63) is 40.5 Å². The molecule has 0 spiro atoms. The smallest absolute Gasteiger partial charge is 0.262 e. The van der Waals surface area contributed by atoms with Crippen molar-refractivity contribution in [1.82, 2.24) is 23.8 Å². The van der Waals surface area contributed by atoms with Gasteiger partial charge in [-0.15, -0.1) is 0 Å². The van der Waals surface area contributed by atoms with E-state index < -0.39 is 16.1 Å². The molecule has 2 aromatic heterocycles. The molecule has 1 N–H and O–H groups in total. The minimum Gasteiger partial charge on any atom is -0.339 e. The van der Waals surface area contributed by atoms with Gasteiger partial charge in [0.2, 0.25) is 0 Å². The number of sulfonamides is 1. The van der Waals surface area contributed by atoms with E-state index in [1.54, 1.807) is 18.5 Å². The van der Waals surface area contributed by atoms with Gasteiger partial charge < -0.3 is 9.55 Å². The van der Waals surface area contributed by atoms with E-state index in [4.69, 9.17) is 0 Å². The normalized spacial score (nSPS) is 19.6. The summed E-state index contributed by atoms with van der Waals surface area (Å²) < 4.78 is 28.5. The Bertz CT molecular complexity index is 855. The summed E-state index contributed by atoms with van der Waals surface area (Å²) in [6.45, 7) is 2.08. The maximum Gasteiger partial charge on any atom is 0.262 e. The van der Waals surface area contributed by atoms with E-state index in [1.807, 2.05) is 0 Å². The van der Waals surface area contributed by atoms with Crippen LogP contribution < -0.4 is 5.56 Å². The standard InChI is InChI=1S/C13H17N5O3S/c1-9-15-10(6-12(19)16-9)11-4-3-5-18(11)22(20,21)13-7-17(2)8-14-13/h6-8,11H,3-5H2,1-2H3,(H,15,16,19). The third-order valence-electron chi connectivity index (χ3n) is 3.68. The lowest BCUT2D eigenvalue weighted by molar-refractivity contribution is 0.388. The van der Waals surface area contributed by atoms with Crippen molar-refractivity contribution in [2.24, 2.45) is 7.05 Å². The summed E-state index contributed by atoms with van der Waals surface area (Å²) in [4.78, 5) is 22.4. The second-order valence-electron chi connectivity index (χ2n) is 5.41. The van der Waals surface area contributed by atoms with E-state index >= 15 is 0 Å². The molecule has 0 radical (unpaired) electrons. The molecular formula is C13H17N5O3S. The van der Waals surface area contributed by atoms with Gasteiger partial charge in [-0.2, -0.15) is 4.31 Å². The molecular weight excluding hydrogens is 306 g/mol. The molecule has 1 fully saturated rings. The predicted molar refractivity (Wildman–Crippen MR) is 78.7 cm³/mol. The average molecular weight is 323 g/mol. The lowest BCUT2D eigenvalue weighted by Gasteiger charge is -2.22. The van der Waals surface area contributed by atoms with Crippen LogP contribution in [0.5, 0.6) is 0 Å². The van der Waals surface area contributed by atoms with Crippen LogP contribution in [0.25, 0.3) is 0 Å². The summed E-state index contributed by atoms with van der Waals surface area (Å²) in [6.07, 6.45) is 4.29. The molecule has 22 heavy (non-hydrogen) atoms. The van der Waals surface area contributed by atoms with Gasteiger partial charge in [-0.25, -0.2) is 18.4 Å². The molecule has 1 aliphatic heterocycles. The van der Waals surface area contributed by atoms with E-state index in [-0.39, 0.29) is 10.6 Å². The SMILES string of the molecule is Cc1nc(C2CCCN2S(=O)(=O)c2cn(C)cn2)cc(=O)[nH]1. The summed E-state index contributed by atoms with van der Waals surface area (Å²) in [5, 5.41) is 0.0171. The molecule has 3 heterocycles. The average Bonchev–Trinajstić information content (AvgIpc) is 3.06. The van der Waals surface area contributed by atoms with Gasteiger partial charge in [0.1, 0.15) is 5.82 Å². The molecule has 1 saturated heterocycles. The number of aryl methyl sites for hydroxylation is 2. The highest BCUT2D eigenvalue weighted by Gasteiger charge is 2.38. The third-order valence-corrected chi connectivity index (χ3v) is 5.47. The van der Waals surface area contributed by atoms with Crippen LogP contribution >= 0.6 is 0 Å². The Kier molecular flexibility index (Phi) is 3.61. The quantitative estimate of drug-likeness (QED) is 0.877. The number of aromatic amines is 1. The zero-order valence-electron chi connectivity index (χ0n) is 12.4. The fraction of sp³-hybridized carbons (Fsp3) is 0.462. The van der Waals surface area contributed by atoms with Crippen molar-refractivity contribution >= 4 is 10.0 Å². The molecule has 3 rings (SSSR count). The first kappa shape index (κ1) is 14.9. The molecule has 1 atom stereocenters. The number of aromatic nitrogens is 4. The summed E-state index contributed by atoms with van der Waals surface area (Å²) in [5.41, 5.74) is 0.211. The van der Waals surface area contributed by atoms with Crippen LogP contribution in [0.2, 0.25) is 0 Å². The lowest BCUT2D eigenvalue weighted by Crippen LogP contribution is -2.32. The Morgan fingerprint density at radius 1 is 1.41 bits per heavy atom. The summed E-state index contributed by atoms with van der Waals surface area (Å²) in [5.74, 6) is 0.476. The van der Waals surface area contributed by atoms with Crippen molar-refractivity contribution in [1.29, 1.82) is 0 Å². The van der Waals surface area contributed by atoms with Crippen molar-refractivity contribution in [2.75, 3.05) is 6.54 Å². The molecule has 0 bridgehead atoms. The summed E-state index contributed by atoms with van der Waals surface area (Å²) in [6, 6.07) is 0.942. The Hall–Kier alpha value is -2.00. The van der Waals surface area contributed by atoms with Gasteiger partial charge in [0.25, 0.3) is 15.6 Å². The summed E-state index contributed by atoms with van der Waals surface area (Å²) in [7, 11) is -1.97. The van der Waals surface area contributed by atoms with E-state index in [1.165, 1.54) is 22.9 Å². The van der Waals surface area contributed by atoms with Crippen LogP contribution in [0, 0.1) is 6.92 Å². The van der Waals surface area contributed by atoms with Gasteiger partial charge in [-0.05, 0) is 19.8 Å². The third kappa shape index (κ3) is 2.57. The molecule has 9 heteroatoms. The minimum atomic E-state index is -3.69. The largest absolute Gasteiger partial charge is 0.339 e. The van der Waals surface area contributed by atoms with Crippen molar-refractivity contribution in [2.45, 2.75) is 30.8 Å². The van der Waals surface area contributed by atoms with Crippen LogP contribution in [0.15, 0.2) is 28.4 Å². The number of imidazole rings is 1. The topological polar surface area (TPSA) is 101 Å². The number of nitrogens with zero attached hydrogens (tertiary/aromatic N) is 4. The first-order valence-corrected chi connectivity index (χ1v) is 8.39. The predicted octanol–water partition coefficient (Wildman–Crippen LogP) is 0.338.